The molecule has 184 valence electrons. The number of methoxy groups -OCH3 is 1. The maximum atomic E-state index is 13.4. The van der Waals surface area contributed by atoms with E-state index in [1.807, 2.05) is 66.8 Å². The van der Waals surface area contributed by atoms with E-state index in [9.17, 15) is 9.59 Å². The Bertz CT molecular complexity index is 1180. The first-order valence-corrected chi connectivity index (χ1v) is 12.2. The molecule has 0 spiro atoms. The fourth-order valence-corrected chi connectivity index (χ4v) is 4.84. The number of carbonyl (C=O) groups is 2. The molecule has 1 unspecified atom stereocenters. The molecule has 1 aromatic heterocycles. The molecule has 0 aliphatic carbocycles. The van der Waals surface area contributed by atoms with Gasteiger partial charge in [0.1, 0.15) is 5.75 Å². The molecular formula is C28H33N3O4. The molecule has 1 aliphatic rings. The van der Waals surface area contributed by atoms with Crippen molar-refractivity contribution in [3.05, 3.63) is 76.6 Å². The van der Waals surface area contributed by atoms with E-state index >= 15 is 0 Å². The third-order valence-electron chi connectivity index (χ3n) is 6.70. The number of benzene rings is 2. The minimum atomic E-state index is -0.232. The molecule has 1 fully saturated rings. The van der Waals surface area contributed by atoms with Gasteiger partial charge in [0.05, 0.1) is 31.1 Å². The maximum Gasteiger partial charge on any atom is 0.305 e. The molecule has 3 aromatic rings. The van der Waals surface area contributed by atoms with Gasteiger partial charge >= 0.3 is 5.97 Å². The molecule has 0 radical (unpaired) electrons. The lowest BCUT2D eigenvalue weighted by molar-refractivity contribution is -0.140. The minimum Gasteiger partial charge on any atom is -0.494 e. The average Bonchev–Trinajstić information content (AvgIpc) is 3.47. The van der Waals surface area contributed by atoms with Crippen molar-refractivity contribution in [3.8, 4) is 11.4 Å². The van der Waals surface area contributed by atoms with Crippen LogP contribution in [0.15, 0.2) is 48.5 Å². The van der Waals surface area contributed by atoms with Gasteiger partial charge in [-0.1, -0.05) is 12.1 Å². The SMILES string of the molecule is CCOc1ccc(C2CCCN2C(=O)c2ccc(-n3nc(C)c(CCC(=O)OC)c3C)cc2)cc1. The Kier molecular flexibility index (Phi) is 7.54. The van der Waals surface area contributed by atoms with Crippen LogP contribution in [-0.2, 0) is 16.0 Å². The molecule has 2 aromatic carbocycles. The van der Waals surface area contributed by atoms with Crippen molar-refractivity contribution in [2.24, 2.45) is 0 Å². The molecule has 0 N–H and O–H groups in total. The van der Waals surface area contributed by atoms with Crippen molar-refractivity contribution in [1.82, 2.24) is 14.7 Å². The van der Waals surface area contributed by atoms with E-state index in [0.717, 1.165) is 53.3 Å². The predicted molar refractivity (Wildman–Crippen MR) is 134 cm³/mol. The minimum absolute atomic E-state index is 0.0417. The number of likely N-dealkylation sites (tertiary alicyclic amines) is 1. The standard InChI is InChI=1S/C28H33N3O4/c1-5-35-24-14-10-21(11-15-24)26-7-6-18-30(26)28(33)22-8-12-23(13-9-22)31-20(3)25(19(2)29-31)16-17-27(32)34-4/h8-15,26H,5-7,16-18H2,1-4H3. The van der Waals surface area contributed by atoms with Gasteiger partial charge in [-0.15, -0.1) is 0 Å². The van der Waals surface area contributed by atoms with Crippen LogP contribution < -0.4 is 4.74 Å². The van der Waals surface area contributed by atoms with Gasteiger partial charge in [-0.05, 0) is 87.6 Å². The monoisotopic (exact) mass is 475 g/mol. The van der Waals surface area contributed by atoms with Crippen molar-refractivity contribution in [2.45, 2.75) is 52.5 Å². The lowest BCUT2D eigenvalue weighted by atomic mass is 10.0. The molecule has 1 amide bonds. The van der Waals surface area contributed by atoms with Crippen LogP contribution in [-0.4, -0.2) is 46.8 Å². The van der Waals surface area contributed by atoms with Crippen molar-refractivity contribution in [2.75, 3.05) is 20.3 Å². The highest BCUT2D eigenvalue weighted by molar-refractivity contribution is 5.94. The molecule has 0 saturated carbocycles. The first-order valence-electron chi connectivity index (χ1n) is 12.2. The van der Waals surface area contributed by atoms with Gasteiger partial charge in [0.15, 0.2) is 0 Å². The molecule has 1 saturated heterocycles. The molecular weight excluding hydrogens is 442 g/mol. The number of aryl methyl sites for hydroxylation is 1. The summed E-state index contributed by atoms with van der Waals surface area (Å²) in [4.78, 5) is 26.9. The zero-order valence-corrected chi connectivity index (χ0v) is 20.9. The van der Waals surface area contributed by atoms with Crippen LogP contribution in [0.2, 0.25) is 0 Å². The second kappa shape index (κ2) is 10.8. The predicted octanol–water partition coefficient (Wildman–Crippen LogP) is 4.97. The summed E-state index contributed by atoms with van der Waals surface area (Å²) in [5, 5.41) is 4.67. The number of carbonyl (C=O) groups excluding carboxylic acids is 2. The number of hydrogen-bond acceptors (Lipinski definition) is 5. The van der Waals surface area contributed by atoms with E-state index in [4.69, 9.17) is 9.47 Å². The Morgan fingerprint density at radius 1 is 1.06 bits per heavy atom. The lowest BCUT2D eigenvalue weighted by Gasteiger charge is -2.25. The molecule has 0 bridgehead atoms. The summed E-state index contributed by atoms with van der Waals surface area (Å²) < 4.78 is 12.2. The molecule has 1 atom stereocenters. The topological polar surface area (TPSA) is 73.7 Å². The molecule has 4 rings (SSSR count). The smallest absolute Gasteiger partial charge is 0.305 e. The molecule has 35 heavy (non-hydrogen) atoms. The highest BCUT2D eigenvalue weighted by Crippen LogP contribution is 2.34. The summed E-state index contributed by atoms with van der Waals surface area (Å²) in [5.74, 6) is 0.658. The van der Waals surface area contributed by atoms with Crippen molar-refractivity contribution < 1.29 is 19.1 Å². The number of rotatable bonds is 8. The Balaban J connectivity index is 1.49. The summed E-state index contributed by atoms with van der Waals surface area (Å²) in [5.41, 5.74) is 5.61. The number of esters is 1. The largest absolute Gasteiger partial charge is 0.494 e. The number of aromatic nitrogens is 2. The Morgan fingerprint density at radius 3 is 2.43 bits per heavy atom. The fraction of sp³-hybridized carbons (Fsp3) is 0.393. The van der Waals surface area contributed by atoms with Crippen molar-refractivity contribution >= 4 is 11.9 Å². The highest BCUT2D eigenvalue weighted by Gasteiger charge is 2.30. The van der Waals surface area contributed by atoms with Crippen LogP contribution in [0.1, 0.15) is 65.1 Å². The maximum absolute atomic E-state index is 13.4. The van der Waals surface area contributed by atoms with Gasteiger partial charge in [0, 0.05) is 24.2 Å². The zero-order chi connectivity index (χ0) is 24.9. The van der Waals surface area contributed by atoms with Crippen LogP contribution >= 0.6 is 0 Å². The summed E-state index contributed by atoms with van der Waals surface area (Å²) in [6, 6.07) is 15.7. The summed E-state index contributed by atoms with van der Waals surface area (Å²) in [7, 11) is 1.40. The molecule has 7 nitrogen and oxygen atoms in total. The lowest BCUT2D eigenvalue weighted by Crippen LogP contribution is -2.30. The highest BCUT2D eigenvalue weighted by atomic mass is 16.5. The number of hydrogen-bond donors (Lipinski definition) is 0. The van der Waals surface area contributed by atoms with Crippen molar-refractivity contribution in [3.63, 3.8) is 0 Å². The van der Waals surface area contributed by atoms with E-state index < -0.39 is 0 Å². The number of ether oxygens (including phenoxy) is 2. The molecule has 1 aliphatic heterocycles. The average molecular weight is 476 g/mol. The van der Waals surface area contributed by atoms with E-state index in [1.165, 1.54) is 7.11 Å². The second-order valence-corrected chi connectivity index (χ2v) is 8.84. The molecule has 2 heterocycles. The summed E-state index contributed by atoms with van der Waals surface area (Å²) in [6.07, 6.45) is 2.85. The summed E-state index contributed by atoms with van der Waals surface area (Å²) in [6.45, 7) is 7.30. The molecule has 7 heteroatoms. The summed E-state index contributed by atoms with van der Waals surface area (Å²) >= 11 is 0. The van der Waals surface area contributed by atoms with Crippen LogP contribution in [0.25, 0.3) is 5.69 Å². The van der Waals surface area contributed by atoms with Crippen LogP contribution in [0, 0.1) is 13.8 Å². The Hall–Kier alpha value is -3.61. The number of nitrogens with zero attached hydrogens (tertiary/aromatic N) is 3. The van der Waals surface area contributed by atoms with E-state index in [2.05, 4.69) is 17.2 Å². The van der Waals surface area contributed by atoms with E-state index in [0.29, 0.717) is 25.0 Å². The van der Waals surface area contributed by atoms with E-state index in [-0.39, 0.29) is 17.9 Å². The van der Waals surface area contributed by atoms with Gasteiger partial charge in [-0.3, -0.25) is 9.59 Å². The van der Waals surface area contributed by atoms with Crippen molar-refractivity contribution in [1.29, 1.82) is 0 Å². The quantitative estimate of drug-likeness (QED) is 0.430. The van der Waals surface area contributed by atoms with Gasteiger partial charge < -0.3 is 14.4 Å². The van der Waals surface area contributed by atoms with Gasteiger partial charge in [-0.25, -0.2) is 4.68 Å². The second-order valence-electron chi connectivity index (χ2n) is 8.84. The van der Waals surface area contributed by atoms with Crippen LogP contribution in [0.3, 0.4) is 0 Å². The van der Waals surface area contributed by atoms with Gasteiger partial charge in [0.25, 0.3) is 5.91 Å². The van der Waals surface area contributed by atoms with E-state index in [1.54, 1.807) is 0 Å². The Morgan fingerprint density at radius 2 is 1.77 bits per heavy atom. The first kappa shape index (κ1) is 24.5. The zero-order valence-electron chi connectivity index (χ0n) is 20.9. The van der Waals surface area contributed by atoms with Gasteiger partial charge in [-0.2, -0.15) is 5.10 Å². The van der Waals surface area contributed by atoms with Crippen LogP contribution in [0.4, 0.5) is 0 Å². The third kappa shape index (κ3) is 5.24. The normalized spacial score (nSPS) is 15.3. The first-order chi connectivity index (χ1) is 16.9. The third-order valence-corrected chi connectivity index (χ3v) is 6.70. The number of amides is 1. The van der Waals surface area contributed by atoms with Crippen LogP contribution in [0.5, 0.6) is 5.75 Å². The Labute approximate surface area is 206 Å². The van der Waals surface area contributed by atoms with Gasteiger partial charge in [0.2, 0.25) is 0 Å². The fourth-order valence-electron chi connectivity index (χ4n) is 4.84.